The summed E-state index contributed by atoms with van der Waals surface area (Å²) in [6.07, 6.45) is 14.3. The van der Waals surface area contributed by atoms with Gasteiger partial charge in [-0.25, -0.2) is 4.79 Å². The van der Waals surface area contributed by atoms with E-state index in [0.29, 0.717) is 6.61 Å². The molecule has 4 aliphatic rings. The molecule has 4 saturated carbocycles. The molecule has 3 nitrogen and oxygen atoms in total. The van der Waals surface area contributed by atoms with Crippen LogP contribution in [0.25, 0.3) is 5.57 Å². The Bertz CT molecular complexity index is 883. The highest BCUT2D eigenvalue weighted by Crippen LogP contribution is 2.63. The first-order valence-corrected chi connectivity index (χ1v) is 11.8. The van der Waals surface area contributed by atoms with Crippen molar-refractivity contribution in [2.75, 3.05) is 13.7 Å². The summed E-state index contributed by atoms with van der Waals surface area (Å²) in [7, 11) is 1.70. The first-order chi connectivity index (χ1) is 14.9. The predicted octanol–water partition coefficient (Wildman–Crippen LogP) is 6.75. The van der Waals surface area contributed by atoms with Gasteiger partial charge >= 0.3 is 5.97 Å². The van der Waals surface area contributed by atoms with Crippen LogP contribution < -0.4 is 4.74 Å². The number of methoxy groups -OCH3 is 1. The van der Waals surface area contributed by atoms with Gasteiger partial charge in [0.1, 0.15) is 5.75 Å². The fourth-order valence-electron chi connectivity index (χ4n) is 6.78. The maximum atomic E-state index is 12.3. The Balaban J connectivity index is 1.71. The van der Waals surface area contributed by atoms with Crippen molar-refractivity contribution in [3.8, 4) is 5.75 Å². The van der Waals surface area contributed by atoms with Crippen LogP contribution in [0, 0.1) is 23.2 Å². The normalized spacial score (nSPS) is 30.5. The largest absolute Gasteiger partial charge is 0.497 e. The average Bonchev–Trinajstić information content (AvgIpc) is 2.72. The number of hydrogen-bond donors (Lipinski definition) is 0. The zero-order chi connectivity index (χ0) is 22.0. The van der Waals surface area contributed by atoms with Gasteiger partial charge in [0.15, 0.2) is 0 Å². The lowest BCUT2D eigenvalue weighted by Crippen LogP contribution is -2.47. The Morgan fingerprint density at radius 3 is 2.29 bits per heavy atom. The Hall–Kier alpha value is -2.29. The van der Waals surface area contributed by atoms with Crippen LogP contribution in [-0.4, -0.2) is 19.7 Å². The predicted molar refractivity (Wildman–Crippen MR) is 126 cm³/mol. The SMILES string of the molecule is CCOC(=O)C=C(C)C(=CC=C(C)c1cccc(OC)c1)C12CC3CC(CC(C3)C1)C2. The number of ether oxygens (including phenoxy) is 2. The van der Waals surface area contributed by atoms with E-state index in [1.807, 2.05) is 19.1 Å². The lowest BCUT2D eigenvalue weighted by atomic mass is 9.47. The first-order valence-electron chi connectivity index (χ1n) is 11.8. The van der Waals surface area contributed by atoms with Gasteiger partial charge in [0.25, 0.3) is 0 Å². The third-order valence-electron chi connectivity index (χ3n) is 7.68. The lowest BCUT2D eigenvalue weighted by molar-refractivity contribution is -0.137. The van der Waals surface area contributed by atoms with Gasteiger partial charge in [0.2, 0.25) is 0 Å². The maximum Gasteiger partial charge on any atom is 0.331 e. The molecule has 0 aromatic heterocycles. The number of carbonyl (C=O) groups excluding carboxylic acids is 1. The van der Waals surface area contributed by atoms with Crippen molar-refractivity contribution in [1.29, 1.82) is 0 Å². The van der Waals surface area contributed by atoms with Crippen molar-refractivity contribution in [2.45, 2.75) is 59.3 Å². The Morgan fingerprint density at radius 1 is 1.06 bits per heavy atom. The van der Waals surface area contributed by atoms with E-state index in [1.54, 1.807) is 13.2 Å². The molecule has 1 aromatic carbocycles. The van der Waals surface area contributed by atoms with Crippen LogP contribution in [0.1, 0.15) is 64.9 Å². The van der Waals surface area contributed by atoms with Crippen molar-refractivity contribution < 1.29 is 14.3 Å². The van der Waals surface area contributed by atoms with Crippen LogP contribution in [-0.2, 0) is 9.53 Å². The number of benzene rings is 1. The zero-order valence-electron chi connectivity index (χ0n) is 19.4. The third-order valence-corrected chi connectivity index (χ3v) is 7.68. The second-order valence-electron chi connectivity index (χ2n) is 9.94. The van der Waals surface area contributed by atoms with Gasteiger partial charge in [0.05, 0.1) is 13.7 Å². The molecular weight excluding hydrogens is 384 g/mol. The summed E-state index contributed by atoms with van der Waals surface area (Å²) in [6.45, 7) is 6.51. The maximum absolute atomic E-state index is 12.3. The van der Waals surface area contributed by atoms with Crippen molar-refractivity contribution in [3.05, 3.63) is 59.2 Å². The Morgan fingerprint density at radius 2 is 1.71 bits per heavy atom. The summed E-state index contributed by atoms with van der Waals surface area (Å²) in [5.74, 6) is 3.20. The second kappa shape index (κ2) is 9.06. The summed E-state index contributed by atoms with van der Waals surface area (Å²) < 4.78 is 10.6. The average molecular weight is 421 g/mol. The van der Waals surface area contributed by atoms with Gasteiger partial charge in [-0.3, -0.25) is 0 Å². The van der Waals surface area contributed by atoms with Crippen LogP contribution in [0.4, 0.5) is 0 Å². The molecule has 0 N–H and O–H groups in total. The monoisotopic (exact) mass is 420 g/mol. The Labute approximate surface area is 187 Å². The number of allylic oxidation sites excluding steroid dienone is 5. The van der Waals surface area contributed by atoms with Gasteiger partial charge in [-0.1, -0.05) is 24.3 Å². The number of rotatable bonds is 7. The van der Waals surface area contributed by atoms with Crippen molar-refractivity contribution in [1.82, 2.24) is 0 Å². The molecule has 0 heterocycles. The summed E-state index contributed by atoms with van der Waals surface area (Å²) in [5.41, 5.74) is 4.99. The smallest absolute Gasteiger partial charge is 0.331 e. The summed E-state index contributed by atoms with van der Waals surface area (Å²) >= 11 is 0. The van der Waals surface area contributed by atoms with Crippen molar-refractivity contribution >= 4 is 11.5 Å². The number of hydrogen-bond acceptors (Lipinski definition) is 3. The van der Waals surface area contributed by atoms with E-state index in [1.165, 1.54) is 49.7 Å². The van der Waals surface area contributed by atoms with Crippen LogP contribution in [0.2, 0.25) is 0 Å². The molecule has 0 amide bonds. The van der Waals surface area contributed by atoms with Crippen LogP contribution in [0.5, 0.6) is 5.75 Å². The summed E-state index contributed by atoms with van der Waals surface area (Å²) in [4.78, 5) is 12.3. The van der Waals surface area contributed by atoms with Gasteiger partial charge in [-0.2, -0.15) is 0 Å². The van der Waals surface area contributed by atoms with E-state index in [-0.39, 0.29) is 11.4 Å². The Kier molecular flexibility index (Phi) is 6.41. The van der Waals surface area contributed by atoms with E-state index in [9.17, 15) is 4.79 Å². The molecule has 0 unspecified atom stereocenters. The molecule has 0 aliphatic heterocycles. The molecule has 0 spiro atoms. The summed E-state index contributed by atoms with van der Waals surface area (Å²) in [5, 5.41) is 0. The fourth-order valence-corrected chi connectivity index (χ4v) is 6.78. The third kappa shape index (κ3) is 4.66. The standard InChI is InChI=1S/C28H36O3/c1-5-31-27(29)11-20(3)26(10-9-19(2)24-7-6-8-25(15-24)30-4)28-16-21-12-22(17-28)14-23(13-21)18-28/h6-11,15,21-23H,5,12-14,16-18H2,1-4H3. The molecule has 0 saturated heterocycles. The molecule has 166 valence electrons. The number of esters is 1. The zero-order valence-corrected chi connectivity index (χ0v) is 19.4. The minimum Gasteiger partial charge on any atom is -0.497 e. The quantitative estimate of drug-likeness (QED) is 0.278. The molecule has 31 heavy (non-hydrogen) atoms. The highest BCUT2D eigenvalue weighted by atomic mass is 16.5. The van der Waals surface area contributed by atoms with Crippen molar-refractivity contribution in [2.24, 2.45) is 23.2 Å². The molecule has 5 rings (SSSR count). The van der Waals surface area contributed by atoms with E-state index < -0.39 is 0 Å². The molecule has 4 fully saturated rings. The van der Waals surface area contributed by atoms with Gasteiger partial charge in [-0.05, 0) is 117 Å². The number of carbonyl (C=O) groups is 1. The molecule has 1 aromatic rings. The highest BCUT2D eigenvalue weighted by Gasteiger charge is 2.52. The minimum absolute atomic E-state index is 0.215. The first kappa shape index (κ1) is 21.9. The topological polar surface area (TPSA) is 35.5 Å². The van der Waals surface area contributed by atoms with Gasteiger partial charge in [0, 0.05) is 6.08 Å². The molecule has 4 bridgehead atoms. The summed E-state index contributed by atoms with van der Waals surface area (Å²) in [6, 6.07) is 8.19. The minimum atomic E-state index is -0.232. The molecule has 3 heteroatoms. The van der Waals surface area contributed by atoms with E-state index in [0.717, 1.165) is 34.6 Å². The van der Waals surface area contributed by atoms with Gasteiger partial charge < -0.3 is 9.47 Å². The fraction of sp³-hybridized carbons (Fsp3) is 0.536. The van der Waals surface area contributed by atoms with E-state index >= 15 is 0 Å². The molecule has 0 radical (unpaired) electrons. The van der Waals surface area contributed by atoms with Crippen LogP contribution >= 0.6 is 0 Å². The highest BCUT2D eigenvalue weighted by molar-refractivity contribution is 5.84. The van der Waals surface area contributed by atoms with Crippen LogP contribution in [0.15, 0.2) is 53.6 Å². The second-order valence-corrected chi connectivity index (χ2v) is 9.94. The van der Waals surface area contributed by atoms with Gasteiger partial charge in [-0.15, -0.1) is 0 Å². The van der Waals surface area contributed by atoms with E-state index in [4.69, 9.17) is 9.47 Å². The van der Waals surface area contributed by atoms with Crippen LogP contribution in [0.3, 0.4) is 0 Å². The molecular formula is C28H36O3. The van der Waals surface area contributed by atoms with Crippen molar-refractivity contribution in [3.63, 3.8) is 0 Å². The van der Waals surface area contributed by atoms with E-state index in [2.05, 4.69) is 38.1 Å². The lowest BCUT2D eigenvalue weighted by Gasteiger charge is -2.58. The molecule has 4 aliphatic carbocycles. The molecule has 0 atom stereocenters.